The fourth-order valence-electron chi connectivity index (χ4n) is 8.76. The van der Waals surface area contributed by atoms with Crippen molar-refractivity contribution in [3.05, 3.63) is 95.8 Å². The van der Waals surface area contributed by atoms with Gasteiger partial charge < -0.3 is 44.5 Å². The molecular weight excluding hydrogens is 859 g/mol. The molecule has 4 atom stereocenters. The summed E-state index contributed by atoms with van der Waals surface area (Å²) >= 11 is 0. The van der Waals surface area contributed by atoms with Gasteiger partial charge in [-0.25, -0.2) is 4.79 Å². The first-order chi connectivity index (χ1) is 32.3. The molecule has 0 bridgehead atoms. The van der Waals surface area contributed by atoms with Crippen molar-refractivity contribution in [1.29, 1.82) is 0 Å². The quantitative estimate of drug-likeness (QED) is 0.0854. The van der Waals surface area contributed by atoms with Crippen molar-refractivity contribution in [1.82, 2.24) is 20.0 Å². The van der Waals surface area contributed by atoms with E-state index in [1.165, 1.54) is 45.6 Å². The van der Waals surface area contributed by atoms with Gasteiger partial charge in [0.25, 0.3) is 11.8 Å². The summed E-state index contributed by atoms with van der Waals surface area (Å²) in [6, 6.07) is 11.5. The van der Waals surface area contributed by atoms with Gasteiger partial charge in [-0.2, -0.15) is 0 Å². The van der Waals surface area contributed by atoms with Crippen molar-refractivity contribution < 1.29 is 48.0 Å². The lowest BCUT2D eigenvalue weighted by molar-refractivity contribution is -0.130. The molecule has 3 aromatic carbocycles. The average molecular weight is 914 g/mol. The van der Waals surface area contributed by atoms with Gasteiger partial charge >= 0.3 is 6.09 Å². The Morgan fingerprint density at radius 2 is 1.39 bits per heavy atom. The molecule has 4 heterocycles. The number of amides is 5. The smallest absolute Gasteiger partial charge is 0.408 e. The zero-order chi connectivity index (χ0) is 47.5. The molecule has 0 radical (unpaired) electrons. The number of nitrogens with one attached hydrogen (secondary N) is 2. The predicted octanol–water partition coefficient (Wildman–Crippen LogP) is 7.38. The third-order valence-corrected chi connectivity index (χ3v) is 12.4. The summed E-state index contributed by atoms with van der Waals surface area (Å²) in [6.45, 7) is 9.09. The fourth-order valence-corrected chi connectivity index (χ4v) is 8.76. The van der Waals surface area contributed by atoms with Crippen molar-refractivity contribution in [3.63, 3.8) is 0 Å². The number of carboxylic acid groups (broad SMARTS) is 1. The Labute approximate surface area is 388 Å². The molecule has 3 N–H and O–H groups in total. The van der Waals surface area contributed by atoms with Gasteiger partial charge in [0.15, 0.2) is 23.0 Å². The molecule has 1 aliphatic carbocycles. The molecule has 17 heteroatoms. The summed E-state index contributed by atoms with van der Waals surface area (Å²) in [4.78, 5) is 79.4. The van der Waals surface area contributed by atoms with Gasteiger partial charge in [0, 0.05) is 62.0 Å². The number of anilines is 1. The molecule has 67 heavy (non-hydrogen) atoms. The molecular formula is C50H55N7O10. The zero-order valence-electron chi connectivity index (χ0n) is 38.2. The Morgan fingerprint density at radius 1 is 0.821 bits per heavy atom. The van der Waals surface area contributed by atoms with Crippen molar-refractivity contribution in [2.75, 3.05) is 39.3 Å². The lowest BCUT2D eigenvalue weighted by atomic mass is 10.0. The number of nitrogens with zero attached hydrogens (tertiary/aromatic N) is 5. The van der Waals surface area contributed by atoms with E-state index in [0.29, 0.717) is 69.9 Å². The number of benzene rings is 3. The molecule has 1 saturated carbocycles. The van der Waals surface area contributed by atoms with E-state index < -0.39 is 30.0 Å². The standard InChI is InChI=1S/C50H55N7O10/c1-7-15-55(50(62)63)45(28(2)3)47(59)53-29(4)46(58)54-34-13-11-31(12-14-34)33-19-36-25-52-40-23-44(42(65-6)21-38(40)49(61)57(36)27-33)67-17-8-16-66-43-22-39-37(20-41(43)64-5)48(60)56-26-32(30-9-10-30)18-35(56)24-51-39/h7,11-14,20-30,35-36,45H,1,8-10,15-19H2,2-6H3,(H,53,59)(H,54,58)(H,62,63)/t29-,35?,36?,45-/m0/s1. The molecule has 1 fully saturated rings. The van der Waals surface area contributed by atoms with E-state index in [9.17, 15) is 29.1 Å². The molecule has 4 aliphatic heterocycles. The Kier molecular flexibility index (Phi) is 13.5. The fraction of sp³-hybridized carbons (Fsp3) is 0.380. The molecule has 8 rings (SSSR count). The Hall–Kier alpha value is -7.43. The zero-order valence-corrected chi connectivity index (χ0v) is 38.2. The van der Waals surface area contributed by atoms with Gasteiger partial charge in [0.1, 0.15) is 12.1 Å². The highest BCUT2D eigenvalue weighted by Gasteiger charge is 2.39. The maximum atomic E-state index is 14.0. The van der Waals surface area contributed by atoms with E-state index in [1.807, 2.05) is 30.7 Å². The van der Waals surface area contributed by atoms with Crippen LogP contribution < -0.4 is 29.6 Å². The van der Waals surface area contributed by atoms with Crippen LogP contribution in [0.5, 0.6) is 23.0 Å². The third kappa shape index (κ3) is 9.76. The highest BCUT2D eigenvalue weighted by Crippen LogP contribution is 2.45. The predicted molar refractivity (Wildman–Crippen MR) is 252 cm³/mol. The van der Waals surface area contributed by atoms with Crippen molar-refractivity contribution in [3.8, 4) is 23.0 Å². The summed E-state index contributed by atoms with van der Waals surface area (Å²) in [5.74, 6) is 0.541. The lowest BCUT2D eigenvalue weighted by Gasteiger charge is -2.31. The highest BCUT2D eigenvalue weighted by atomic mass is 16.5. The van der Waals surface area contributed by atoms with Crippen LogP contribution in [0.2, 0.25) is 0 Å². The minimum atomic E-state index is -1.26. The number of ether oxygens (including phenoxy) is 4. The van der Waals surface area contributed by atoms with Crippen LogP contribution in [0.1, 0.15) is 79.2 Å². The van der Waals surface area contributed by atoms with Gasteiger partial charge in [0.05, 0.1) is 62.0 Å². The average Bonchev–Trinajstić information content (AvgIpc) is 3.99. The summed E-state index contributed by atoms with van der Waals surface area (Å²) in [6.07, 6.45) is 11.7. The topological polar surface area (TPSA) is 201 Å². The molecule has 350 valence electrons. The molecule has 0 saturated heterocycles. The number of hydrogen-bond acceptors (Lipinski definition) is 11. The van der Waals surface area contributed by atoms with Crippen LogP contribution >= 0.6 is 0 Å². The van der Waals surface area contributed by atoms with Gasteiger partial charge in [0.2, 0.25) is 11.8 Å². The number of hydrogen-bond donors (Lipinski definition) is 3. The minimum Gasteiger partial charge on any atom is -0.493 e. The number of fused-ring (bicyclic) bond motifs is 4. The maximum absolute atomic E-state index is 14.0. The van der Waals surface area contributed by atoms with Crippen molar-refractivity contribution in [2.24, 2.45) is 21.8 Å². The molecule has 5 amide bonds. The lowest BCUT2D eigenvalue weighted by Crippen LogP contribution is -2.55. The van der Waals surface area contributed by atoms with Crippen LogP contribution in [0.4, 0.5) is 21.9 Å². The van der Waals surface area contributed by atoms with E-state index >= 15 is 0 Å². The van der Waals surface area contributed by atoms with Gasteiger partial charge in [-0.05, 0) is 79.0 Å². The molecule has 0 aromatic heterocycles. The van der Waals surface area contributed by atoms with E-state index in [2.05, 4.69) is 22.2 Å². The Morgan fingerprint density at radius 3 is 1.91 bits per heavy atom. The third-order valence-electron chi connectivity index (χ3n) is 12.4. The second-order valence-corrected chi connectivity index (χ2v) is 17.5. The molecule has 3 aromatic rings. The largest absolute Gasteiger partial charge is 0.493 e. The van der Waals surface area contributed by atoms with E-state index in [-0.39, 0.29) is 49.6 Å². The second kappa shape index (κ2) is 19.6. The monoisotopic (exact) mass is 913 g/mol. The maximum Gasteiger partial charge on any atom is 0.408 e. The summed E-state index contributed by atoms with van der Waals surface area (Å²) < 4.78 is 23.5. The van der Waals surface area contributed by atoms with Crippen molar-refractivity contribution in [2.45, 2.75) is 77.0 Å². The highest BCUT2D eigenvalue weighted by molar-refractivity contribution is 6.06. The summed E-state index contributed by atoms with van der Waals surface area (Å²) in [7, 11) is 3.05. The van der Waals surface area contributed by atoms with Crippen LogP contribution in [0.15, 0.2) is 89.1 Å². The molecule has 0 spiro atoms. The Balaban J connectivity index is 0.854. The first kappa shape index (κ1) is 46.1. The SMILES string of the molecule is C=CCN(C(=O)O)[C@H](C(=O)N[C@@H](C)C(=O)Nc1ccc(C2=CN3C(=O)c4cc(OC)c(OCCCOc5cc6c(cc5OC)C(=O)N5C=C(C7CC7)CC5C=N6)cc4N=CC3C2)cc1)C(C)C. The van der Waals surface area contributed by atoms with E-state index in [0.717, 1.165) is 22.5 Å². The number of methoxy groups -OCH3 is 2. The number of rotatable bonds is 18. The van der Waals surface area contributed by atoms with E-state index in [4.69, 9.17) is 23.9 Å². The molecule has 17 nitrogen and oxygen atoms in total. The van der Waals surface area contributed by atoms with Crippen LogP contribution in [0.25, 0.3) is 5.57 Å². The van der Waals surface area contributed by atoms with Crippen LogP contribution in [-0.4, -0.2) is 120 Å². The van der Waals surface area contributed by atoms with E-state index in [1.54, 1.807) is 66.3 Å². The van der Waals surface area contributed by atoms with Gasteiger partial charge in [-0.15, -0.1) is 6.58 Å². The number of aliphatic imine (C=N–C) groups is 2. The molecule has 2 unspecified atom stereocenters. The van der Waals surface area contributed by atoms with Crippen LogP contribution in [-0.2, 0) is 9.59 Å². The normalized spacial score (nSPS) is 18.8. The number of carbonyl (C=O) groups is 5. The Bertz CT molecular complexity index is 2600. The van der Waals surface area contributed by atoms with Crippen LogP contribution in [0, 0.1) is 11.8 Å². The second-order valence-electron chi connectivity index (χ2n) is 17.5. The van der Waals surface area contributed by atoms with Gasteiger partial charge in [-0.3, -0.25) is 34.1 Å². The first-order valence-corrected chi connectivity index (χ1v) is 22.4. The molecule has 5 aliphatic rings. The summed E-state index contributed by atoms with van der Waals surface area (Å²) in [5, 5.41) is 15.1. The van der Waals surface area contributed by atoms with Crippen molar-refractivity contribution >= 4 is 64.8 Å². The number of carbonyl (C=O) groups excluding carboxylic acids is 4. The van der Waals surface area contributed by atoms with Gasteiger partial charge in [-0.1, -0.05) is 32.1 Å². The van der Waals surface area contributed by atoms with Crippen LogP contribution in [0.3, 0.4) is 0 Å². The summed E-state index contributed by atoms with van der Waals surface area (Å²) in [5.41, 5.74) is 5.37. The first-order valence-electron chi connectivity index (χ1n) is 22.4. The minimum absolute atomic E-state index is 0.0387.